The maximum absolute atomic E-state index is 11.7. The van der Waals surface area contributed by atoms with Crippen molar-refractivity contribution in [2.24, 2.45) is 0 Å². The smallest absolute Gasteiger partial charge is 0.336 e. The van der Waals surface area contributed by atoms with Gasteiger partial charge >= 0.3 is 5.63 Å². The summed E-state index contributed by atoms with van der Waals surface area (Å²) < 4.78 is 17.4. The first-order chi connectivity index (χ1) is 14.0. The van der Waals surface area contributed by atoms with Gasteiger partial charge in [-0.3, -0.25) is 0 Å². The highest BCUT2D eigenvalue weighted by molar-refractivity contribution is 5.83. The number of rotatable bonds is 6. The number of hydrogen-bond acceptors (Lipinski definition) is 5. The van der Waals surface area contributed by atoms with Gasteiger partial charge in [0.2, 0.25) is 0 Å². The second-order valence-electron chi connectivity index (χ2n) is 7.04. The summed E-state index contributed by atoms with van der Waals surface area (Å²) in [4.78, 5) is 11.7. The zero-order chi connectivity index (χ0) is 20.4. The Kier molecular flexibility index (Phi) is 5.12. The molecule has 5 nitrogen and oxygen atoms in total. The van der Waals surface area contributed by atoms with Gasteiger partial charge in [0.1, 0.15) is 17.1 Å². The molecule has 148 valence electrons. The van der Waals surface area contributed by atoms with Gasteiger partial charge in [-0.1, -0.05) is 25.1 Å². The van der Waals surface area contributed by atoms with Gasteiger partial charge in [-0.15, -0.1) is 0 Å². The third kappa shape index (κ3) is 4.04. The lowest BCUT2D eigenvalue weighted by Gasteiger charge is -2.15. The van der Waals surface area contributed by atoms with Crippen molar-refractivity contribution < 1.29 is 13.6 Å². The van der Waals surface area contributed by atoms with Crippen molar-refractivity contribution in [3.8, 4) is 11.5 Å². The number of hydrogen-bond donors (Lipinski definition) is 1. The van der Waals surface area contributed by atoms with Crippen LogP contribution in [-0.4, -0.2) is 0 Å². The van der Waals surface area contributed by atoms with E-state index in [4.69, 9.17) is 13.6 Å². The van der Waals surface area contributed by atoms with Crippen molar-refractivity contribution in [1.29, 1.82) is 0 Å². The molecule has 0 bridgehead atoms. The number of para-hydroxylation sites is 1. The largest absolute Gasteiger partial charge is 0.460 e. The van der Waals surface area contributed by atoms with E-state index < -0.39 is 0 Å². The molecule has 0 saturated heterocycles. The van der Waals surface area contributed by atoms with Crippen LogP contribution in [0.25, 0.3) is 11.0 Å². The van der Waals surface area contributed by atoms with Gasteiger partial charge in [0.25, 0.3) is 0 Å². The van der Waals surface area contributed by atoms with Crippen molar-refractivity contribution in [3.63, 3.8) is 0 Å². The molecule has 0 radical (unpaired) electrons. The van der Waals surface area contributed by atoms with Crippen molar-refractivity contribution >= 4 is 16.7 Å². The van der Waals surface area contributed by atoms with E-state index in [1.807, 2.05) is 75.4 Å². The summed E-state index contributed by atoms with van der Waals surface area (Å²) in [6, 6.07) is 18.7. The molecular formula is C24H23NO4. The number of fused-ring (bicyclic) bond motifs is 1. The minimum Gasteiger partial charge on any atom is -0.460 e. The minimum absolute atomic E-state index is 0.150. The first kappa shape index (κ1) is 18.9. The number of anilines is 1. The fourth-order valence-corrected chi connectivity index (χ4v) is 3.34. The summed E-state index contributed by atoms with van der Waals surface area (Å²) in [5, 5.41) is 4.34. The summed E-state index contributed by atoms with van der Waals surface area (Å²) >= 11 is 0. The second kappa shape index (κ2) is 7.87. The fourth-order valence-electron chi connectivity index (χ4n) is 3.34. The van der Waals surface area contributed by atoms with Crippen LogP contribution in [0.3, 0.4) is 0 Å². The molecule has 1 atom stereocenters. The van der Waals surface area contributed by atoms with Crippen LogP contribution in [0.5, 0.6) is 11.5 Å². The molecule has 2 aromatic carbocycles. The van der Waals surface area contributed by atoms with Gasteiger partial charge < -0.3 is 18.9 Å². The Hall–Kier alpha value is -3.47. The van der Waals surface area contributed by atoms with Gasteiger partial charge in [-0.25, -0.2) is 4.79 Å². The van der Waals surface area contributed by atoms with Gasteiger partial charge in [0.05, 0.1) is 6.04 Å². The third-order valence-corrected chi connectivity index (χ3v) is 4.82. The number of nitrogens with one attached hydrogen (secondary N) is 1. The van der Waals surface area contributed by atoms with Crippen LogP contribution in [0.15, 0.2) is 74.3 Å². The molecule has 5 heteroatoms. The van der Waals surface area contributed by atoms with E-state index >= 15 is 0 Å². The molecule has 0 fully saturated rings. The Morgan fingerprint density at radius 1 is 1.03 bits per heavy atom. The number of ether oxygens (including phenoxy) is 1. The lowest BCUT2D eigenvalue weighted by molar-refractivity contribution is 0.415. The highest BCUT2D eigenvalue weighted by Gasteiger charge is 2.19. The molecule has 4 rings (SSSR count). The van der Waals surface area contributed by atoms with Crippen molar-refractivity contribution in [2.75, 3.05) is 5.32 Å². The van der Waals surface area contributed by atoms with E-state index in [1.54, 1.807) is 0 Å². The van der Waals surface area contributed by atoms with Gasteiger partial charge in [-0.05, 0) is 43.7 Å². The molecule has 29 heavy (non-hydrogen) atoms. The first-order valence-electron chi connectivity index (χ1n) is 9.70. The fraction of sp³-hybridized carbons (Fsp3) is 0.208. The van der Waals surface area contributed by atoms with E-state index in [0.717, 1.165) is 40.3 Å². The van der Waals surface area contributed by atoms with E-state index in [2.05, 4.69) is 5.32 Å². The van der Waals surface area contributed by atoms with E-state index in [-0.39, 0.29) is 11.7 Å². The molecule has 0 aliphatic carbocycles. The maximum atomic E-state index is 11.7. The molecule has 2 aromatic heterocycles. The van der Waals surface area contributed by atoms with Crippen molar-refractivity contribution in [1.82, 2.24) is 0 Å². The topological polar surface area (TPSA) is 64.6 Å². The summed E-state index contributed by atoms with van der Waals surface area (Å²) in [5.74, 6) is 3.03. The SMILES string of the molecule is CCc1cc(Oc2ccccc2)c(C(C)Nc2ccc3c(C)cc(=O)oc3c2)o1. The first-order valence-corrected chi connectivity index (χ1v) is 9.70. The molecule has 0 spiro atoms. The van der Waals surface area contributed by atoms with E-state index in [1.165, 1.54) is 6.07 Å². The average molecular weight is 389 g/mol. The quantitative estimate of drug-likeness (QED) is 0.396. The second-order valence-corrected chi connectivity index (χ2v) is 7.04. The Labute approximate surface area is 168 Å². The number of furan rings is 1. The molecule has 2 heterocycles. The average Bonchev–Trinajstić information content (AvgIpc) is 3.11. The monoisotopic (exact) mass is 389 g/mol. The van der Waals surface area contributed by atoms with Crippen LogP contribution in [-0.2, 0) is 6.42 Å². The molecule has 1 unspecified atom stereocenters. The summed E-state index contributed by atoms with van der Waals surface area (Å²) in [6.45, 7) is 5.95. The predicted molar refractivity (Wildman–Crippen MR) is 114 cm³/mol. The number of aryl methyl sites for hydroxylation is 2. The molecule has 4 aromatic rings. The van der Waals surface area contributed by atoms with Crippen LogP contribution >= 0.6 is 0 Å². The van der Waals surface area contributed by atoms with Crippen LogP contribution in [0.1, 0.15) is 37.0 Å². The lowest BCUT2D eigenvalue weighted by Crippen LogP contribution is -2.07. The van der Waals surface area contributed by atoms with Crippen LogP contribution in [0.4, 0.5) is 5.69 Å². The van der Waals surface area contributed by atoms with Gasteiger partial charge in [0, 0.05) is 35.7 Å². The molecule has 1 N–H and O–H groups in total. The summed E-state index contributed by atoms with van der Waals surface area (Å²) in [7, 11) is 0. The van der Waals surface area contributed by atoms with Gasteiger partial charge in [0.15, 0.2) is 11.5 Å². The number of benzene rings is 2. The standard InChI is InChI=1S/C24H23NO4/c1-4-18-14-22(27-19-8-6-5-7-9-19)24(28-18)16(3)25-17-10-11-20-15(2)12-23(26)29-21(20)13-17/h5-14,16,25H,4H2,1-3H3. The Morgan fingerprint density at radius 3 is 2.59 bits per heavy atom. The van der Waals surface area contributed by atoms with Crippen molar-refractivity contribution in [2.45, 2.75) is 33.2 Å². The lowest BCUT2D eigenvalue weighted by atomic mass is 10.1. The molecule has 0 saturated carbocycles. The van der Waals surface area contributed by atoms with E-state index in [9.17, 15) is 4.79 Å². The highest BCUT2D eigenvalue weighted by Crippen LogP contribution is 2.35. The molecular weight excluding hydrogens is 366 g/mol. The molecule has 0 aliphatic heterocycles. The normalized spacial score (nSPS) is 12.1. The third-order valence-electron chi connectivity index (χ3n) is 4.82. The van der Waals surface area contributed by atoms with E-state index in [0.29, 0.717) is 11.3 Å². The maximum Gasteiger partial charge on any atom is 0.336 e. The minimum atomic E-state index is -0.350. The highest BCUT2D eigenvalue weighted by atomic mass is 16.5. The Balaban J connectivity index is 1.63. The summed E-state index contributed by atoms with van der Waals surface area (Å²) in [5.41, 5.74) is 1.94. The van der Waals surface area contributed by atoms with Crippen LogP contribution in [0, 0.1) is 6.92 Å². The Bertz CT molecular complexity index is 1190. The predicted octanol–water partition coefficient (Wildman–Crippen LogP) is 6.22. The molecule has 0 amide bonds. The molecule has 0 aliphatic rings. The van der Waals surface area contributed by atoms with Gasteiger partial charge in [-0.2, -0.15) is 0 Å². The zero-order valence-electron chi connectivity index (χ0n) is 16.7. The van der Waals surface area contributed by atoms with Crippen LogP contribution < -0.4 is 15.7 Å². The Morgan fingerprint density at radius 2 is 1.83 bits per heavy atom. The summed E-state index contributed by atoms with van der Waals surface area (Å²) in [6.07, 6.45) is 0.776. The van der Waals surface area contributed by atoms with Crippen molar-refractivity contribution in [3.05, 3.63) is 88.2 Å². The van der Waals surface area contributed by atoms with Crippen LogP contribution in [0.2, 0.25) is 0 Å². The zero-order valence-corrected chi connectivity index (χ0v) is 16.7.